The van der Waals surface area contributed by atoms with Crippen molar-refractivity contribution in [3.05, 3.63) is 57.3 Å². The fraction of sp³-hybridized carbons (Fsp3) is 0.375. The number of aliphatic hydroxyl groups excluding tert-OH is 1. The molecule has 0 aliphatic carbocycles. The van der Waals surface area contributed by atoms with Crippen LogP contribution in [0.4, 0.5) is 0 Å². The van der Waals surface area contributed by atoms with Gasteiger partial charge < -0.3 is 5.11 Å². The number of benzene rings is 1. The summed E-state index contributed by atoms with van der Waals surface area (Å²) in [6, 6.07) is 12.7. The molecule has 0 radical (unpaired) electrons. The molecule has 1 nitrogen and oxygen atoms in total. The van der Waals surface area contributed by atoms with Gasteiger partial charge in [0.15, 0.2) is 0 Å². The van der Waals surface area contributed by atoms with Crippen LogP contribution < -0.4 is 0 Å². The van der Waals surface area contributed by atoms with Gasteiger partial charge in [0.05, 0.1) is 6.10 Å². The van der Waals surface area contributed by atoms with Crippen LogP contribution in [-0.4, -0.2) is 11.2 Å². The van der Waals surface area contributed by atoms with Crippen molar-refractivity contribution in [1.82, 2.24) is 0 Å². The molecule has 0 fully saturated rings. The van der Waals surface area contributed by atoms with E-state index in [1.165, 1.54) is 20.9 Å². The second-order valence-electron chi connectivity index (χ2n) is 4.77. The monoisotopic (exact) mass is 260 g/mol. The third-order valence-corrected chi connectivity index (χ3v) is 4.31. The van der Waals surface area contributed by atoms with E-state index >= 15 is 0 Å². The van der Waals surface area contributed by atoms with Crippen LogP contribution in [0.3, 0.4) is 0 Å². The maximum Gasteiger partial charge on any atom is 0.0628 e. The summed E-state index contributed by atoms with van der Waals surface area (Å²) in [5, 5.41) is 10.1. The predicted molar refractivity (Wildman–Crippen MR) is 78.3 cm³/mol. The van der Waals surface area contributed by atoms with Gasteiger partial charge >= 0.3 is 0 Å². The summed E-state index contributed by atoms with van der Waals surface area (Å²) in [5.74, 6) is 0. The maximum absolute atomic E-state index is 10.1. The first kappa shape index (κ1) is 13.3. The molecule has 0 aliphatic heterocycles. The maximum atomic E-state index is 10.1. The Bertz CT molecular complexity index is 501. The van der Waals surface area contributed by atoms with Crippen LogP contribution in [0.25, 0.3) is 0 Å². The quantitative estimate of drug-likeness (QED) is 0.867. The summed E-state index contributed by atoms with van der Waals surface area (Å²) in [6.45, 7) is 4.25. The van der Waals surface area contributed by atoms with E-state index in [1.54, 1.807) is 0 Å². The molecular formula is C16H20OS. The molecule has 1 atom stereocenters. The Morgan fingerprint density at radius 1 is 1.11 bits per heavy atom. The van der Waals surface area contributed by atoms with Crippen LogP contribution in [0.2, 0.25) is 0 Å². The van der Waals surface area contributed by atoms with Gasteiger partial charge in [-0.25, -0.2) is 0 Å². The lowest BCUT2D eigenvalue weighted by atomic mass is 10.0. The minimum atomic E-state index is -0.282. The number of aliphatic hydroxyl groups is 1. The standard InChI is InChI=1S/C16H20OS/c1-3-15-7-8-16(18-15)11-14(17)10-13-6-4-5-12(2)9-13/h4-9,14,17H,3,10-11H2,1-2H3. The van der Waals surface area contributed by atoms with E-state index in [-0.39, 0.29) is 6.10 Å². The van der Waals surface area contributed by atoms with Crippen molar-refractivity contribution < 1.29 is 5.11 Å². The van der Waals surface area contributed by atoms with Gasteiger partial charge in [-0.2, -0.15) is 0 Å². The van der Waals surface area contributed by atoms with Gasteiger partial charge in [0.2, 0.25) is 0 Å². The number of aryl methyl sites for hydroxylation is 2. The summed E-state index contributed by atoms with van der Waals surface area (Å²) < 4.78 is 0. The smallest absolute Gasteiger partial charge is 0.0628 e. The van der Waals surface area contributed by atoms with Crippen LogP contribution in [0.15, 0.2) is 36.4 Å². The van der Waals surface area contributed by atoms with E-state index in [1.807, 2.05) is 11.3 Å². The topological polar surface area (TPSA) is 20.2 Å². The van der Waals surface area contributed by atoms with Crippen LogP contribution in [0, 0.1) is 6.92 Å². The first-order valence-corrected chi connectivity index (χ1v) is 7.30. The second kappa shape index (κ2) is 6.17. The minimum absolute atomic E-state index is 0.282. The van der Waals surface area contributed by atoms with Crippen molar-refractivity contribution in [3.8, 4) is 0 Å². The molecular weight excluding hydrogens is 240 g/mol. The molecule has 0 amide bonds. The van der Waals surface area contributed by atoms with Gasteiger partial charge in [0.1, 0.15) is 0 Å². The van der Waals surface area contributed by atoms with E-state index in [4.69, 9.17) is 0 Å². The van der Waals surface area contributed by atoms with Crippen LogP contribution >= 0.6 is 11.3 Å². The summed E-state index contributed by atoms with van der Waals surface area (Å²) in [7, 11) is 0. The predicted octanol–water partition coefficient (Wildman–Crippen LogP) is 3.77. The fourth-order valence-corrected chi connectivity index (χ4v) is 3.17. The number of thiophene rings is 1. The van der Waals surface area contributed by atoms with Gasteiger partial charge in [-0.15, -0.1) is 11.3 Å². The average Bonchev–Trinajstić information content (AvgIpc) is 2.76. The molecule has 1 heterocycles. The van der Waals surface area contributed by atoms with E-state index < -0.39 is 0 Å². The molecule has 1 aromatic heterocycles. The molecule has 2 heteroatoms. The molecule has 0 saturated heterocycles. The summed E-state index contributed by atoms with van der Waals surface area (Å²) in [5.41, 5.74) is 2.47. The van der Waals surface area contributed by atoms with E-state index in [0.29, 0.717) is 0 Å². The molecule has 2 aromatic rings. The second-order valence-corrected chi connectivity index (χ2v) is 6.03. The summed E-state index contributed by atoms with van der Waals surface area (Å²) >= 11 is 1.81. The Kier molecular flexibility index (Phi) is 4.56. The summed E-state index contributed by atoms with van der Waals surface area (Å²) in [6.07, 6.45) is 2.30. The highest BCUT2D eigenvalue weighted by Gasteiger charge is 2.08. The molecule has 1 N–H and O–H groups in total. The lowest BCUT2D eigenvalue weighted by molar-refractivity contribution is 0.176. The molecule has 0 saturated carbocycles. The zero-order valence-corrected chi connectivity index (χ0v) is 11.8. The molecule has 0 bridgehead atoms. The van der Waals surface area contributed by atoms with Gasteiger partial charge in [-0.1, -0.05) is 36.8 Å². The highest BCUT2D eigenvalue weighted by molar-refractivity contribution is 7.11. The van der Waals surface area contributed by atoms with Crippen LogP contribution in [0.5, 0.6) is 0 Å². The lowest BCUT2D eigenvalue weighted by Gasteiger charge is -2.09. The zero-order valence-electron chi connectivity index (χ0n) is 11.0. The fourth-order valence-electron chi connectivity index (χ4n) is 2.14. The van der Waals surface area contributed by atoms with Gasteiger partial charge in [0.25, 0.3) is 0 Å². The number of hydrogen-bond donors (Lipinski definition) is 1. The van der Waals surface area contributed by atoms with E-state index in [0.717, 1.165) is 19.3 Å². The third-order valence-electron chi connectivity index (χ3n) is 3.06. The van der Waals surface area contributed by atoms with E-state index in [2.05, 4.69) is 50.2 Å². The molecule has 2 rings (SSSR count). The first-order chi connectivity index (χ1) is 8.67. The van der Waals surface area contributed by atoms with Crippen molar-refractivity contribution in [1.29, 1.82) is 0 Å². The van der Waals surface area contributed by atoms with Crippen molar-refractivity contribution in [2.75, 3.05) is 0 Å². The van der Waals surface area contributed by atoms with Crippen LogP contribution in [-0.2, 0) is 19.3 Å². The Hall–Kier alpha value is -1.12. The third kappa shape index (κ3) is 3.69. The van der Waals surface area contributed by atoms with Crippen molar-refractivity contribution >= 4 is 11.3 Å². The number of hydrogen-bond acceptors (Lipinski definition) is 2. The van der Waals surface area contributed by atoms with Crippen molar-refractivity contribution in [2.24, 2.45) is 0 Å². The average molecular weight is 260 g/mol. The largest absolute Gasteiger partial charge is 0.392 e. The molecule has 0 aliphatic rings. The molecule has 1 aromatic carbocycles. The minimum Gasteiger partial charge on any atom is -0.392 e. The van der Waals surface area contributed by atoms with Crippen molar-refractivity contribution in [2.45, 2.75) is 39.2 Å². The Morgan fingerprint density at radius 3 is 2.56 bits per heavy atom. The molecule has 96 valence electrons. The SMILES string of the molecule is CCc1ccc(CC(O)Cc2cccc(C)c2)s1. The van der Waals surface area contributed by atoms with Crippen molar-refractivity contribution in [3.63, 3.8) is 0 Å². The lowest BCUT2D eigenvalue weighted by Crippen LogP contribution is -2.13. The summed E-state index contributed by atoms with van der Waals surface area (Å²) in [4.78, 5) is 2.68. The molecule has 0 spiro atoms. The zero-order chi connectivity index (χ0) is 13.0. The van der Waals surface area contributed by atoms with Crippen LogP contribution in [0.1, 0.15) is 27.8 Å². The number of rotatable bonds is 5. The highest BCUT2D eigenvalue weighted by Crippen LogP contribution is 2.19. The Morgan fingerprint density at radius 2 is 1.89 bits per heavy atom. The Balaban J connectivity index is 1.94. The normalized spacial score (nSPS) is 12.6. The molecule has 18 heavy (non-hydrogen) atoms. The molecule has 1 unspecified atom stereocenters. The first-order valence-electron chi connectivity index (χ1n) is 6.48. The Labute approximate surface area is 113 Å². The van der Waals surface area contributed by atoms with Gasteiger partial charge in [-0.3, -0.25) is 0 Å². The van der Waals surface area contributed by atoms with E-state index in [9.17, 15) is 5.11 Å². The van der Waals surface area contributed by atoms with Gasteiger partial charge in [0, 0.05) is 16.2 Å². The van der Waals surface area contributed by atoms with Gasteiger partial charge in [-0.05, 0) is 37.5 Å². The highest BCUT2D eigenvalue weighted by atomic mass is 32.1.